The van der Waals surface area contributed by atoms with E-state index in [1.807, 2.05) is 11.1 Å². The zero-order valence-corrected chi connectivity index (χ0v) is 87.4. The normalized spacial score (nSPS) is 50.9. The molecule has 0 aromatic heterocycles. The maximum absolute atomic E-state index is 10.9. The Balaban J connectivity index is 0.000000128. The second-order valence-corrected chi connectivity index (χ2v) is 56.7. The maximum Gasteiger partial charge on any atom is 0.0594 e. The van der Waals surface area contributed by atoms with E-state index in [1.54, 1.807) is 0 Å². The van der Waals surface area contributed by atoms with E-state index in [9.17, 15) is 20.4 Å². The SMILES string of the molecule is C=C(CCC(C)C1CCC2(C)C3CCC4C(C)(C)C(O)CCC45CC35CCC12C)C(C)C.CC(C)C(C)CCC(C)C1CCC2(C)C3=CCC4C(C)C(O)CCC4(C)C3CCC12C.CC(C)CCCC(C)C1CCC2(C)C3=CCC4C(C)C(O)CCC4(C)C3CCC12C.CC(C)CCCC(C)C1CCC2(C)C3CCC4C(C)(C)C(O)CCC45CC35CCC12C. The summed E-state index contributed by atoms with van der Waals surface area (Å²) in [7, 11) is 0. The monoisotopic (exact) mass is 1710 g/mol. The number of hydrogen-bond donors (Lipinski definition) is 4. The highest BCUT2D eigenvalue weighted by Gasteiger charge is 2.84. The minimum Gasteiger partial charge on any atom is -0.393 e. The summed E-state index contributed by atoms with van der Waals surface area (Å²) >= 11 is 0. The van der Waals surface area contributed by atoms with Crippen LogP contribution in [0.1, 0.15) is 470 Å². The Hall–Kier alpha value is -0.940. The van der Waals surface area contributed by atoms with Crippen molar-refractivity contribution in [2.75, 3.05) is 0 Å². The van der Waals surface area contributed by atoms with E-state index in [1.165, 1.54) is 250 Å². The Morgan fingerprint density at radius 2 is 0.694 bits per heavy atom. The third kappa shape index (κ3) is 14.7. The summed E-state index contributed by atoms with van der Waals surface area (Å²) < 4.78 is 0. The fourth-order valence-corrected chi connectivity index (χ4v) is 41.2. The molecule has 0 aromatic carbocycles. The van der Waals surface area contributed by atoms with Crippen molar-refractivity contribution in [1.82, 2.24) is 0 Å². The number of aliphatic hydroxyl groups is 4. The second kappa shape index (κ2) is 34.1. The minimum absolute atomic E-state index is 0.0787. The third-order valence-corrected chi connectivity index (χ3v) is 50.8. The molecule has 18 aliphatic rings. The summed E-state index contributed by atoms with van der Waals surface area (Å²) in [6, 6.07) is 0. The summed E-state index contributed by atoms with van der Waals surface area (Å²) in [5.41, 5.74) is 12.5. The molecule has 37 atom stereocenters. The first kappa shape index (κ1) is 97.6. The Morgan fingerprint density at radius 1 is 0.347 bits per heavy atom. The molecular weight excluding hydrogens is 1510 g/mol. The molecule has 4 nitrogen and oxygen atoms in total. The topological polar surface area (TPSA) is 80.9 Å². The zero-order chi connectivity index (χ0) is 90.4. The molecule has 0 radical (unpaired) electrons. The lowest BCUT2D eigenvalue weighted by Gasteiger charge is -2.63. The molecule has 124 heavy (non-hydrogen) atoms. The fraction of sp³-hybridized carbons (Fsp3) is 0.950. The van der Waals surface area contributed by atoms with Crippen molar-refractivity contribution >= 4 is 0 Å². The molecule has 0 aromatic rings. The molecule has 18 rings (SSSR count). The predicted octanol–water partition coefficient (Wildman–Crippen LogP) is 33.0. The Morgan fingerprint density at radius 3 is 1.07 bits per heavy atom. The zero-order valence-electron chi connectivity index (χ0n) is 87.4. The number of fused-ring (bicyclic) bond motifs is 14. The van der Waals surface area contributed by atoms with E-state index in [2.05, 4.69) is 220 Å². The van der Waals surface area contributed by atoms with Gasteiger partial charge in [0.1, 0.15) is 0 Å². The molecule has 0 saturated heterocycles. The molecule has 710 valence electrons. The predicted molar refractivity (Wildman–Crippen MR) is 527 cm³/mol. The van der Waals surface area contributed by atoms with Gasteiger partial charge in [-0.2, -0.15) is 0 Å². The molecule has 0 bridgehead atoms. The third-order valence-electron chi connectivity index (χ3n) is 50.8. The number of aliphatic hydroxyl groups excluding tert-OH is 4. The van der Waals surface area contributed by atoms with Crippen LogP contribution in [0.25, 0.3) is 0 Å². The van der Waals surface area contributed by atoms with Crippen molar-refractivity contribution < 1.29 is 20.4 Å². The molecule has 4 N–H and O–H groups in total. The lowest BCUT2D eigenvalue weighted by molar-refractivity contribution is -0.161. The van der Waals surface area contributed by atoms with Crippen LogP contribution >= 0.6 is 0 Å². The van der Waals surface area contributed by atoms with Crippen LogP contribution in [0, 0.1) is 223 Å². The van der Waals surface area contributed by atoms with Crippen LogP contribution in [0.4, 0.5) is 0 Å². The highest BCUT2D eigenvalue weighted by Crippen LogP contribution is 2.92. The van der Waals surface area contributed by atoms with Crippen molar-refractivity contribution in [2.24, 2.45) is 223 Å². The van der Waals surface area contributed by atoms with Crippen molar-refractivity contribution in [3.05, 3.63) is 35.5 Å². The first-order valence-electron chi connectivity index (χ1n) is 55.6. The van der Waals surface area contributed by atoms with Crippen molar-refractivity contribution in [1.29, 1.82) is 0 Å². The van der Waals surface area contributed by atoms with Gasteiger partial charge < -0.3 is 20.4 Å². The highest BCUT2D eigenvalue weighted by molar-refractivity contribution is 5.37. The van der Waals surface area contributed by atoms with Gasteiger partial charge in [-0.05, 0) is 441 Å². The van der Waals surface area contributed by atoms with E-state index in [4.69, 9.17) is 0 Å². The summed E-state index contributed by atoms with van der Waals surface area (Å²) in [5.74, 6) is 18.2. The van der Waals surface area contributed by atoms with Crippen molar-refractivity contribution in [3.63, 3.8) is 0 Å². The number of rotatable bonds is 20. The Kier molecular flexibility index (Phi) is 26.8. The standard InChI is InChI=1S/C31H52O.2C30H52O.C29H50O/c1-20(2)21(3)9-10-22(4)23-13-15-29(8)25-12-11-24-27(5,6)26(32)14-16-30(24)19-31(25,30)18-17-28(23,29)7;1-20(2)9-8-10-21(3)22-13-15-28(7)24-12-11-23-26(4,5)25(31)14-16-29(23)19-30(24,29)18-17-27(22,28)6;1-19(2)20(3)9-10-21(4)23-13-17-30(8)26-12-11-24-22(5)27(31)15-16-28(24,6)25(26)14-18-29(23,30)7;1-19(2)9-8-10-20(3)22-13-17-29(7)25-12-11-23-21(4)26(30)15-16-27(23,5)24(25)14-18-28(22,29)6/h20,22-26,32H,3,9-19H2,1-2,4-8H3;20-25,31H,8-19H2,1-7H3;12,19-25,27,31H,9-11,13-18H2,1-8H3;12,19-24,26,30H,8-11,13-18H2,1-7H3. The largest absolute Gasteiger partial charge is 0.393 e. The second-order valence-electron chi connectivity index (χ2n) is 56.7. The average Bonchev–Trinajstić information content (AvgIpc) is 1.47. The van der Waals surface area contributed by atoms with Gasteiger partial charge >= 0.3 is 0 Å². The number of hydrogen-bond acceptors (Lipinski definition) is 4. The van der Waals surface area contributed by atoms with Gasteiger partial charge in [-0.25, -0.2) is 0 Å². The van der Waals surface area contributed by atoms with E-state index in [0.29, 0.717) is 105 Å². The maximum atomic E-state index is 10.9. The van der Waals surface area contributed by atoms with Gasteiger partial charge in [0.05, 0.1) is 24.4 Å². The molecule has 0 amide bonds. The molecule has 37 unspecified atom stereocenters. The molecule has 4 heteroatoms. The number of allylic oxidation sites excluding steroid dienone is 5. The average molecular weight is 1710 g/mol. The quantitative estimate of drug-likeness (QED) is 0.0916. The molecule has 0 aliphatic heterocycles. The van der Waals surface area contributed by atoms with Crippen LogP contribution in [0.5, 0.6) is 0 Å². The molecular formula is C120H206O4. The summed E-state index contributed by atoms with van der Waals surface area (Å²) in [6.45, 7) is 77.1. The van der Waals surface area contributed by atoms with E-state index in [-0.39, 0.29) is 35.2 Å². The van der Waals surface area contributed by atoms with Crippen molar-refractivity contribution in [2.45, 2.75) is 495 Å². The first-order chi connectivity index (χ1) is 57.8. The van der Waals surface area contributed by atoms with E-state index >= 15 is 0 Å². The smallest absolute Gasteiger partial charge is 0.0594 e. The summed E-state index contributed by atoms with van der Waals surface area (Å²) in [5, 5.41) is 42.8. The van der Waals surface area contributed by atoms with Crippen LogP contribution in [0.15, 0.2) is 35.5 Å². The summed E-state index contributed by atoms with van der Waals surface area (Å²) in [4.78, 5) is 0. The van der Waals surface area contributed by atoms with Crippen LogP contribution in [-0.2, 0) is 0 Å². The van der Waals surface area contributed by atoms with Gasteiger partial charge in [0, 0.05) is 0 Å². The first-order valence-corrected chi connectivity index (χ1v) is 55.6. The van der Waals surface area contributed by atoms with E-state index < -0.39 is 0 Å². The van der Waals surface area contributed by atoms with Crippen LogP contribution in [0.2, 0.25) is 0 Å². The highest BCUT2D eigenvalue weighted by atomic mass is 16.3. The van der Waals surface area contributed by atoms with Gasteiger partial charge in [-0.3, -0.25) is 0 Å². The Labute approximate surface area is 768 Å². The minimum atomic E-state index is -0.0888. The van der Waals surface area contributed by atoms with Crippen LogP contribution < -0.4 is 0 Å². The Bertz CT molecular complexity index is 3810. The fourth-order valence-electron chi connectivity index (χ4n) is 41.2. The van der Waals surface area contributed by atoms with Gasteiger partial charge in [0.15, 0.2) is 0 Å². The molecule has 4 spiro atoms. The lowest BCUT2D eigenvalue weighted by atomic mass is 9.41. The molecule has 0 heterocycles. The van der Waals surface area contributed by atoms with E-state index in [0.717, 1.165) is 132 Å². The van der Waals surface area contributed by atoms with Crippen LogP contribution in [-0.4, -0.2) is 44.8 Å². The van der Waals surface area contributed by atoms with Gasteiger partial charge in [-0.1, -0.05) is 288 Å². The molecule has 18 aliphatic carbocycles. The van der Waals surface area contributed by atoms with Gasteiger partial charge in [0.2, 0.25) is 0 Å². The molecule has 16 saturated carbocycles. The van der Waals surface area contributed by atoms with Gasteiger partial charge in [-0.15, -0.1) is 0 Å². The van der Waals surface area contributed by atoms with Gasteiger partial charge in [0.25, 0.3) is 0 Å². The molecule has 16 fully saturated rings. The van der Waals surface area contributed by atoms with Crippen molar-refractivity contribution in [3.8, 4) is 0 Å². The lowest BCUT2D eigenvalue weighted by Crippen LogP contribution is -2.57. The van der Waals surface area contributed by atoms with Crippen LogP contribution in [0.3, 0.4) is 0 Å². The summed E-state index contributed by atoms with van der Waals surface area (Å²) in [6.07, 6.45) is 62.3.